The summed E-state index contributed by atoms with van der Waals surface area (Å²) >= 11 is 0. The summed E-state index contributed by atoms with van der Waals surface area (Å²) in [6.45, 7) is 4.16. The molecule has 0 saturated carbocycles. The average Bonchev–Trinajstić information content (AvgIpc) is 2.50. The highest BCUT2D eigenvalue weighted by molar-refractivity contribution is 5.87. The lowest BCUT2D eigenvalue weighted by Crippen LogP contribution is -2.15. The van der Waals surface area contributed by atoms with Gasteiger partial charge in [-0.25, -0.2) is 0 Å². The van der Waals surface area contributed by atoms with Gasteiger partial charge < -0.3 is 0 Å². The van der Waals surface area contributed by atoms with Gasteiger partial charge in [-0.15, -0.1) is 0 Å². The fourth-order valence-corrected chi connectivity index (χ4v) is 2.41. The summed E-state index contributed by atoms with van der Waals surface area (Å²) in [5, 5.41) is 0. The third-order valence-electron chi connectivity index (χ3n) is 3.65. The molecule has 1 atom stereocenters. The Kier molecular flexibility index (Phi) is 5.05. The standard InChI is InChI=1S/C18H21NO/c1-3-14-10-11-16(19-13-14)12-18(20)17(4-2)15-8-6-5-7-9-15/h5-11,13,17H,3-4,12H2,1-2H3. The molecule has 104 valence electrons. The molecule has 0 bridgehead atoms. The molecule has 0 aliphatic carbocycles. The second kappa shape index (κ2) is 6.99. The maximum absolute atomic E-state index is 12.5. The van der Waals surface area contributed by atoms with E-state index in [1.165, 1.54) is 5.56 Å². The molecule has 2 rings (SSSR count). The van der Waals surface area contributed by atoms with Gasteiger partial charge in [0, 0.05) is 24.2 Å². The van der Waals surface area contributed by atoms with Crippen LogP contribution >= 0.6 is 0 Å². The largest absolute Gasteiger partial charge is 0.299 e. The van der Waals surface area contributed by atoms with Crippen LogP contribution in [-0.2, 0) is 17.6 Å². The molecule has 20 heavy (non-hydrogen) atoms. The van der Waals surface area contributed by atoms with Crippen LogP contribution in [-0.4, -0.2) is 10.8 Å². The number of aromatic nitrogens is 1. The molecule has 0 fully saturated rings. The quantitative estimate of drug-likeness (QED) is 0.793. The van der Waals surface area contributed by atoms with E-state index in [1.807, 2.05) is 42.6 Å². The number of rotatable bonds is 6. The van der Waals surface area contributed by atoms with Gasteiger partial charge in [-0.3, -0.25) is 9.78 Å². The third kappa shape index (κ3) is 3.53. The molecular formula is C18H21NO. The van der Waals surface area contributed by atoms with Crippen LogP contribution in [0.2, 0.25) is 0 Å². The Morgan fingerprint density at radius 2 is 1.85 bits per heavy atom. The summed E-state index contributed by atoms with van der Waals surface area (Å²) in [5.41, 5.74) is 3.17. The Morgan fingerprint density at radius 1 is 1.10 bits per heavy atom. The molecule has 1 heterocycles. The van der Waals surface area contributed by atoms with E-state index in [-0.39, 0.29) is 11.7 Å². The predicted molar refractivity (Wildman–Crippen MR) is 81.8 cm³/mol. The van der Waals surface area contributed by atoms with Crippen molar-refractivity contribution in [3.05, 3.63) is 65.5 Å². The van der Waals surface area contributed by atoms with Crippen molar-refractivity contribution >= 4 is 5.78 Å². The molecule has 2 heteroatoms. The number of carbonyl (C=O) groups excluding carboxylic acids is 1. The first-order valence-corrected chi connectivity index (χ1v) is 7.26. The van der Waals surface area contributed by atoms with E-state index in [0.29, 0.717) is 6.42 Å². The predicted octanol–water partition coefficient (Wildman–Crippen LogP) is 3.95. The minimum atomic E-state index is -0.0242. The second-order valence-electron chi connectivity index (χ2n) is 5.03. The Bertz CT molecular complexity index is 545. The Balaban J connectivity index is 2.09. The highest BCUT2D eigenvalue weighted by Crippen LogP contribution is 2.21. The molecule has 0 amide bonds. The van der Waals surface area contributed by atoms with Gasteiger partial charge in [0.05, 0.1) is 0 Å². The van der Waals surface area contributed by atoms with E-state index in [4.69, 9.17) is 0 Å². The Morgan fingerprint density at radius 3 is 2.40 bits per heavy atom. The van der Waals surface area contributed by atoms with Crippen LogP contribution in [0, 0.1) is 0 Å². The van der Waals surface area contributed by atoms with E-state index in [1.54, 1.807) is 0 Å². The first-order valence-electron chi connectivity index (χ1n) is 7.26. The van der Waals surface area contributed by atoms with Gasteiger partial charge in [-0.2, -0.15) is 0 Å². The van der Waals surface area contributed by atoms with Crippen molar-refractivity contribution in [1.29, 1.82) is 0 Å². The number of nitrogens with zero attached hydrogens (tertiary/aromatic N) is 1. The first-order chi connectivity index (χ1) is 9.74. The number of ketones is 1. The van der Waals surface area contributed by atoms with E-state index >= 15 is 0 Å². The van der Waals surface area contributed by atoms with Crippen LogP contribution in [0.15, 0.2) is 48.7 Å². The molecule has 2 nitrogen and oxygen atoms in total. The summed E-state index contributed by atoms with van der Waals surface area (Å²) < 4.78 is 0. The average molecular weight is 267 g/mol. The summed E-state index contributed by atoms with van der Waals surface area (Å²) in [4.78, 5) is 16.8. The van der Waals surface area contributed by atoms with Crippen molar-refractivity contribution in [3.63, 3.8) is 0 Å². The first kappa shape index (κ1) is 14.4. The van der Waals surface area contributed by atoms with Crippen LogP contribution in [0.1, 0.15) is 43.0 Å². The van der Waals surface area contributed by atoms with E-state index in [0.717, 1.165) is 24.1 Å². The molecule has 0 aliphatic rings. The molecule has 1 aromatic carbocycles. The zero-order valence-corrected chi connectivity index (χ0v) is 12.2. The number of Topliss-reactive ketones (excluding diaryl/α,β-unsaturated/α-hetero) is 1. The number of hydrogen-bond acceptors (Lipinski definition) is 2. The van der Waals surface area contributed by atoms with Crippen LogP contribution in [0.4, 0.5) is 0 Å². The van der Waals surface area contributed by atoms with E-state index in [2.05, 4.69) is 24.9 Å². The van der Waals surface area contributed by atoms with Gasteiger partial charge in [0.1, 0.15) is 5.78 Å². The summed E-state index contributed by atoms with van der Waals surface area (Å²) in [6, 6.07) is 14.0. The fraction of sp³-hybridized carbons (Fsp3) is 0.333. The van der Waals surface area contributed by atoms with Crippen LogP contribution in [0.5, 0.6) is 0 Å². The molecule has 0 aliphatic heterocycles. The number of pyridine rings is 1. The highest BCUT2D eigenvalue weighted by Gasteiger charge is 2.18. The van der Waals surface area contributed by atoms with E-state index < -0.39 is 0 Å². The maximum atomic E-state index is 12.5. The van der Waals surface area contributed by atoms with Gasteiger partial charge in [-0.1, -0.05) is 50.2 Å². The number of aryl methyl sites for hydroxylation is 1. The fourth-order valence-electron chi connectivity index (χ4n) is 2.41. The Labute approximate surface area is 120 Å². The number of hydrogen-bond donors (Lipinski definition) is 0. The lowest BCUT2D eigenvalue weighted by molar-refractivity contribution is -0.120. The lowest BCUT2D eigenvalue weighted by Gasteiger charge is -2.14. The summed E-state index contributed by atoms with van der Waals surface area (Å²) in [5.74, 6) is 0.222. The SMILES string of the molecule is CCc1ccc(CC(=O)C(CC)c2ccccc2)nc1. The molecule has 0 N–H and O–H groups in total. The van der Waals surface area contributed by atoms with E-state index in [9.17, 15) is 4.79 Å². The zero-order chi connectivity index (χ0) is 14.4. The third-order valence-corrected chi connectivity index (χ3v) is 3.65. The normalized spacial score (nSPS) is 12.1. The monoisotopic (exact) mass is 267 g/mol. The van der Waals surface area contributed by atoms with Gasteiger partial charge in [0.25, 0.3) is 0 Å². The molecule has 0 radical (unpaired) electrons. The highest BCUT2D eigenvalue weighted by atomic mass is 16.1. The van der Waals surface area contributed by atoms with Crippen LogP contribution < -0.4 is 0 Å². The molecule has 0 spiro atoms. The van der Waals surface area contributed by atoms with Crippen molar-refractivity contribution in [3.8, 4) is 0 Å². The topological polar surface area (TPSA) is 30.0 Å². The van der Waals surface area contributed by atoms with Crippen molar-refractivity contribution in [1.82, 2.24) is 4.98 Å². The minimum absolute atomic E-state index is 0.0242. The molecule has 2 aromatic rings. The molecule has 1 unspecified atom stereocenters. The number of benzene rings is 1. The van der Waals surface area contributed by atoms with Crippen molar-refractivity contribution in [2.45, 2.75) is 39.0 Å². The van der Waals surface area contributed by atoms with Crippen molar-refractivity contribution in [2.75, 3.05) is 0 Å². The van der Waals surface area contributed by atoms with Crippen molar-refractivity contribution in [2.24, 2.45) is 0 Å². The smallest absolute Gasteiger partial charge is 0.146 e. The zero-order valence-electron chi connectivity index (χ0n) is 12.2. The molecule has 1 aromatic heterocycles. The summed E-state index contributed by atoms with van der Waals surface area (Å²) in [6.07, 6.45) is 4.09. The van der Waals surface area contributed by atoms with Crippen molar-refractivity contribution < 1.29 is 4.79 Å². The van der Waals surface area contributed by atoms with Gasteiger partial charge in [0.15, 0.2) is 0 Å². The van der Waals surface area contributed by atoms with Gasteiger partial charge >= 0.3 is 0 Å². The molecular weight excluding hydrogens is 246 g/mol. The second-order valence-corrected chi connectivity index (χ2v) is 5.03. The van der Waals surface area contributed by atoms with Gasteiger partial charge in [0.2, 0.25) is 0 Å². The summed E-state index contributed by atoms with van der Waals surface area (Å²) in [7, 11) is 0. The Hall–Kier alpha value is -1.96. The molecule has 0 saturated heterocycles. The van der Waals surface area contributed by atoms with Crippen LogP contribution in [0.25, 0.3) is 0 Å². The van der Waals surface area contributed by atoms with Gasteiger partial charge in [-0.05, 0) is 30.0 Å². The minimum Gasteiger partial charge on any atom is -0.299 e. The lowest BCUT2D eigenvalue weighted by atomic mass is 9.90. The maximum Gasteiger partial charge on any atom is 0.146 e. The number of carbonyl (C=O) groups is 1. The van der Waals surface area contributed by atoms with Crippen LogP contribution in [0.3, 0.4) is 0 Å².